The van der Waals surface area contributed by atoms with Gasteiger partial charge in [-0.05, 0) is 80.0 Å². The van der Waals surface area contributed by atoms with E-state index in [2.05, 4.69) is 40.9 Å². The van der Waals surface area contributed by atoms with Gasteiger partial charge in [0.1, 0.15) is 11.5 Å². The van der Waals surface area contributed by atoms with Crippen LogP contribution in [0.25, 0.3) is 22.2 Å². The highest BCUT2D eigenvalue weighted by Crippen LogP contribution is 2.31. The van der Waals surface area contributed by atoms with Crippen molar-refractivity contribution in [2.75, 3.05) is 13.1 Å². The number of carbonyl (C=O) groups is 1. The summed E-state index contributed by atoms with van der Waals surface area (Å²) < 4.78 is 13.5. The fourth-order valence-electron chi connectivity index (χ4n) is 4.25. The first-order valence-electron chi connectivity index (χ1n) is 11.4. The first-order chi connectivity index (χ1) is 16.0. The minimum Gasteiger partial charge on any atom is -0.361 e. The number of benzene rings is 2. The molecule has 5 rings (SSSR count). The largest absolute Gasteiger partial charge is 0.361 e. The number of hydrogen-bond acceptors (Lipinski definition) is 3. The summed E-state index contributed by atoms with van der Waals surface area (Å²) in [6, 6.07) is 10.9. The third kappa shape index (κ3) is 4.51. The quantitative estimate of drug-likeness (QED) is 0.412. The molecule has 2 heterocycles. The van der Waals surface area contributed by atoms with E-state index in [1.54, 1.807) is 18.5 Å². The van der Waals surface area contributed by atoms with Crippen molar-refractivity contribution in [2.24, 2.45) is 5.92 Å². The number of aryl methyl sites for hydroxylation is 2. The molecular weight excluding hydrogens is 415 g/mol. The van der Waals surface area contributed by atoms with Crippen LogP contribution in [0, 0.1) is 25.6 Å². The van der Waals surface area contributed by atoms with E-state index in [9.17, 15) is 9.18 Å². The molecule has 1 aliphatic rings. The Morgan fingerprint density at radius 2 is 1.91 bits per heavy atom. The highest BCUT2D eigenvalue weighted by Gasteiger charge is 2.29. The van der Waals surface area contributed by atoms with E-state index < -0.39 is 0 Å². The van der Waals surface area contributed by atoms with Crippen molar-refractivity contribution in [1.29, 1.82) is 0 Å². The lowest BCUT2D eigenvalue weighted by molar-refractivity contribution is 0.0744. The highest BCUT2D eigenvalue weighted by atomic mass is 19.1. The second kappa shape index (κ2) is 8.77. The number of hydrogen-bond donors (Lipinski definition) is 1. The smallest absolute Gasteiger partial charge is 0.274 e. The van der Waals surface area contributed by atoms with Crippen LogP contribution in [-0.4, -0.2) is 38.8 Å². The predicted molar refractivity (Wildman–Crippen MR) is 128 cm³/mol. The molecule has 0 spiro atoms. The third-order valence-electron chi connectivity index (χ3n) is 6.52. The molecule has 0 aliphatic heterocycles. The van der Waals surface area contributed by atoms with Gasteiger partial charge in [0.2, 0.25) is 0 Å². The number of H-pyrrole nitrogens is 1. The third-order valence-corrected chi connectivity index (χ3v) is 6.52. The Bertz CT molecular complexity index is 1320. The number of carbonyl (C=O) groups excluding carboxylic acids is 1. The van der Waals surface area contributed by atoms with Gasteiger partial charge in [0.25, 0.3) is 5.91 Å². The van der Waals surface area contributed by atoms with Crippen LogP contribution in [0.15, 0.2) is 55.0 Å². The Kier molecular flexibility index (Phi) is 5.67. The Hall–Kier alpha value is -3.54. The summed E-state index contributed by atoms with van der Waals surface area (Å²) in [5.41, 5.74) is 6.12. The van der Waals surface area contributed by atoms with Crippen molar-refractivity contribution in [3.63, 3.8) is 0 Å². The summed E-state index contributed by atoms with van der Waals surface area (Å²) in [6.07, 6.45) is 8.12. The highest BCUT2D eigenvalue weighted by molar-refractivity contribution is 5.98. The van der Waals surface area contributed by atoms with E-state index in [0.29, 0.717) is 30.3 Å². The zero-order valence-corrected chi connectivity index (χ0v) is 18.9. The van der Waals surface area contributed by atoms with Crippen LogP contribution in [-0.2, 0) is 6.42 Å². The second-order valence-electron chi connectivity index (χ2n) is 9.00. The molecule has 33 heavy (non-hydrogen) atoms. The average molecular weight is 443 g/mol. The number of halogens is 1. The van der Waals surface area contributed by atoms with E-state index in [4.69, 9.17) is 0 Å². The minimum absolute atomic E-state index is 0.0888. The van der Waals surface area contributed by atoms with Crippen LogP contribution < -0.4 is 0 Å². The van der Waals surface area contributed by atoms with Gasteiger partial charge in [0, 0.05) is 48.1 Å². The van der Waals surface area contributed by atoms with E-state index in [1.807, 2.05) is 17.2 Å². The summed E-state index contributed by atoms with van der Waals surface area (Å²) >= 11 is 0. The van der Waals surface area contributed by atoms with Crippen molar-refractivity contribution < 1.29 is 9.18 Å². The van der Waals surface area contributed by atoms with Crippen molar-refractivity contribution in [3.05, 3.63) is 83.2 Å². The lowest BCUT2D eigenvalue weighted by Crippen LogP contribution is -2.35. The Labute approximate surface area is 192 Å². The molecule has 0 bridgehead atoms. The Morgan fingerprint density at radius 1 is 1.09 bits per heavy atom. The molecule has 0 radical (unpaired) electrons. The average Bonchev–Trinajstić information content (AvgIpc) is 3.56. The molecule has 2 aromatic carbocycles. The Morgan fingerprint density at radius 3 is 2.70 bits per heavy atom. The van der Waals surface area contributed by atoms with Gasteiger partial charge < -0.3 is 9.88 Å². The fourth-order valence-corrected chi connectivity index (χ4v) is 4.25. The molecule has 168 valence electrons. The van der Waals surface area contributed by atoms with E-state index >= 15 is 0 Å². The maximum atomic E-state index is 13.7. The zero-order chi connectivity index (χ0) is 22.9. The van der Waals surface area contributed by atoms with Gasteiger partial charge in [-0.3, -0.25) is 9.78 Å². The normalized spacial score (nSPS) is 13.4. The summed E-state index contributed by atoms with van der Waals surface area (Å²) in [5.74, 6) is 0.199. The number of aromatic amines is 1. The number of aromatic nitrogens is 3. The fraction of sp³-hybridized carbons (Fsp3) is 0.296. The van der Waals surface area contributed by atoms with Crippen LogP contribution >= 0.6 is 0 Å². The van der Waals surface area contributed by atoms with Crippen LogP contribution in [0.4, 0.5) is 4.39 Å². The topological polar surface area (TPSA) is 61.9 Å². The monoisotopic (exact) mass is 442 g/mol. The maximum Gasteiger partial charge on any atom is 0.274 e. The minimum atomic E-state index is -0.261. The summed E-state index contributed by atoms with van der Waals surface area (Å²) in [5, 5.41) is 0.991. The Balaban J connectivity index is 1.42. The van der Waals surface area contributed by atoms with E-state index in [0.717, 1.165) is 47.0 Å². The molecule has 2 aromatic heterocycles. The molecule has 1 N–H and O–H groups in total. The van der Waals surface area contributed by atoms with Crippen molar-refractivity contribution in [2.45, 2.75) is 33.1 Å². The summed E-state index contributed by atoms with van der Waals surface area (Å²) in [7, 11) is 0. The molecule has 1 amide bonds. The van der Waals surface area contributed by atoms with Crippen LogP contribution in [0.2, 0.25) is 0 Å². The number of fused-ring (bicyclic) bond motifs is 1. The van der Waals surface area contributed by atoms with Crippen LogP contribution in [0.3, 0.4) is 0 Å². The van der Waals surface area contributed by atoms with Crippen molar-refractivity contribution in [1.82, 2.24) is 19.9 Å². The maximum absolute atomic E-state index is 13.7. The van der Waals surface area contributed by atoms with Gasteiger partial charge in [0.05, 0.1) is 0 Å². The molecule has 1 saturated carbocycles. The van der Waals surface area contributed by atoms with Crippen LogP contribution in [0.1, 0.15) is 40.0 Å². The molecule has 1 aliphatic carbocycles. The molecule has 4 aromatic rings. The van der Waals surface area contributed by atoms with Crippen molar-refractivity contribution >= 4 is 16.8 Å². The van der Waals surface area contributed by atoms with Gasteiger partial charge in [-0.2, -0.15) is 0 Å². The molecule has 0 atom stereocenters. The lowest BCUT2D eigenvalue weighted by atomic mass is 10.0. The number of nitrogens with zero attached hydrogens (tertiary/aromatic N) is 3. The second-order valence-corrected chi connectivity index (χ2v) is 9.00. The van der Waals surface area contributed by atoms with Gasteiger partial charge in [-0.25, -0.2) is 9.37 Å². The predicted octanol–water partition coefficient (Wildman–Crippen LogP) is 5.48. The summed E-state index contributed by atoms with van der Waals surface area (Å²) in [6.45, 7) is 5.42. The molecule has 6 heteroatoms. The van der Waals surface area contributed by atoms with Crippen LogP contribution in [0.5, 0.6) is 0 Å². The molecular formula is C27H27FN4O. The summed E-state index contributed by atoms with van der Waals surface area (Å²) in [4.78, 5) is 27.7. The van der Waals surface area contributed by atoms with Gasteiger partial charge in [-0.15, -0.1) is 0 Å². The molecule has 1 fully saturated rings. The molecule has 5 nitrogen and oxygen atoms in total. The number of nitrogens with one attached hydrogen (secondary N) is 1. The zero-order valence-electron chi connectivity index (χ0n) is 18.9. The standard InChI is InChI=1S/C27H27FN4O/c1-17-3-6-20(13-18(17)2)25-26(30-11-10-29-25)27(33)32(16-19-4-5-19)12-9-21-15-31-24-14-22(28)7-8-23(21)24/h3,6-8,10-11,13-15,19,31H,4-5,9,12,16H2,1-2H3. The van der Waals surface area contributed by atoms with E-state index in [1.165, 1.54) is 17.7 Å². The van der Waals surface area contributed by atoms with Gasteiger partial charge >= 0.3 is 0 Å². The molecule has 0 saturated heterocycles. The number of amides is 1. The SMILES string of the molecule is Cc1ccc(-c2nccnc2C(=O)N(CCc2c[nH]c3cc(F)ccc23)CC2CC2)cc1C. The van der Waals surface area contributed by atoms with Crippen molar-refractivity contribution in [3.8, 4) is 11.3 Å². The lowest BCUT2D eigenvalue weighted by Gasteiger charge is -2.23. The van der Waals surface area contributed by atoms with Gasteiger partial charge in [0.15, 0.2) is 5.69 Å². The van der Waals surface area contributed by atoms with E-state index in [-0.39, 0.29) is 11.7 Å². The first kappa shape index (κ1) is 21.3. The first-order valence-corrected chi connectivity index (χ1v) is 11.4. The molecule has 0 unspecified atom stereocenters. The number of rotatable bonds is 7. The van der Waals surface area contributed by atoms with Gasteiger partial charge in [-0.1, -0.05) is 12.1 Å².